The Morgan fingerprint density at radius 3 is 1.42 bits per heavy atom. The van der Waals surface area contributed by atoms with Crippen LogP contribution in [-0.2, 0) is 0 Å². The van der Waals surface area contributed by atoms with Crippen molar-refractivity contribution in [2.45, 2.75) is 0 Å². The minimum Gasteiger partial charge on any atom is -0.248 e. The number of pyridine rings is 2. The van der Waals surface area contributed by atoms with Crippen molar-refractivity contribution in [3.63, 3.8) is 0 Å². The van der Waals surface area contributed by atoms with Gasteiger partial charge in [0.05, 0.1) is 22.6 Å². The lowest BCUT2D eigenvalue weighted by Crippen LogP contribution is -1.97. The second kappa shape index (κ2) is 13.9. The molecular formula is C52H35N3. The fourth-order valence-corrected chi connectivity index (χ4v) is 7.79. The zero-order chi connectivity index (χ0) is 36.6. The maximum atomic E-state index is 5.42. The number of hydrogen-bond acceptors (Lipinski definition) is 2. The molecule has 0 unspecified atom stereocenters. The van der Waals surface area contributed by atoms with E-state index >= 15 is 0 Å². The van der Waals surface area contributed by atoms with Gasteiger partial charge in [-0.3, -0.25) is 0 Å². The van der Waals surface area contributed by atoms with Crippen molar-refractivity contribution < 1.29 is 0 Å². The zero-order valence-electron chi connectivity index (χ0n) is 30.0. The summed E-state index contributed by atoms with van der Waals surface area (Å²) in [5.41, 5.74) is 16.2. The maximum absolute atomic E-state index is 5.42. The van der Waals surface area contributed by atoms with Crippen LogP contribution in [0.4, 0.5) is 0 Å². The van der Waals surface area contributed by atoms with E-state index in [1.807, 2.05) is 12.1 Å². The van der Waals surface area contributed by atoms with E-state index in [2.05, 4.69) is 205 Å². The highest BCUT2D eigenvalue weighted by Crippen LogP contribution is 2.43. The Hall–Kier alpha value is -7.36. The number of benzene rings is 7. The van der Waals surface area contributed by atoms with Crippen molar-refractivity contribution in [3.05, 3.63) is 212 Å². The Balaban J connectivity index is 1.22. The van der Waals surface area contributed by atoms with Crippen molar-refractivity contribution >= 4 is 16.3 Å². The summed E-state index contributed by atoms with van der Waals surface area (Å²) in [6.45, 7) is 0. The van der Waals surface area contributed by atoms with Gasteiger partial charge in [0, 0.05) is 33.2 Å². The molecule has 0 saturated heterocycles. The number of fused-ring (bicyclic) bond motifs is 3. The van der Waals surface area contributed by atoms with Crippen LogP contribution in [-0.4, -0.2) is 14.6 Å². The summed E-state index contributed by atoms with van der Waals surface area (Å²) >= 11 is 0. The molecule has 10 rings (SSSR count). The van der Waals surface area contributed by atoms with E-state index in [1.54, 1.807) is 0 Å². The highest BCUT2D eigenvalue weighted by Gasteiger charge is 2.22. The molecule has 0 radical (unpaired) electrons. The number of rotatable bonds is 7. The first-order chi connectivity index (χ1) is 27.3. The fraction of sp³-hybridized carbons (Fsp3) is 0. The largest absolute Gasteiger partial charge is 0.248 e. The highest BCUT2D eigenvalue weighted by molar-refractivity contribution is 6.12. The Kier molecular flexibility index (Phi) is 8.16. The van der Waals surface area contributed by atoms with Crippen LogP contribution >= 0.6 is 0 Å². The van der Waals surface area contributed by atoms with E-state index in [4.69, 9.17) is 10.1 Å². The van der Waals surface area contributed by atoms with Crippen molar-refractivity contribution in [1.29, 1.82) is 0 Å². The monoisotopic (exact) mass is 701 g/mol. The SMILES string of the molecule is c1ccc(-c2cc(-c3cccc(-c4cccc5c4cc(-c4ccccc4)n4nc(-c6ccccc6)c(-c6ccccc6)c54)c3)cc(-c3ccccc3)n2)cc1. The van der Waals surface area contributed by atoms with E-state index in [0.717, 1.165) is 83.7 Å². The quantitative estimate of drug-likeness (QED) is 0.166. The van der Waals surface area contributed by atoms with Gasteiger partial charge in [-0.05, 0) is 57.5 Å². The third kappa shape index (κ3) is 5.98. The van der Waals surface area contributed by atoms with Gasteiger partial charge >= 0.3 is 0 Å². The van der Waals surface area contributed by atoms with Crippen molar-refractivity contribution in [3.8, 4) is 78.4 Å². The average Bonchev–Trinajstić information content (AvgIpc) is 3.69. The summed E-state index contributed by atoms with van der Waals surface area (Å²) in [6.07, 6.45) is 0. The van der Waals surface area contributed by atoms with Gasteiger partial charge in [0.25, 0.3) is 0 Å². The summed E-state index contributed by atoms with van der Waals surface area (Å²) in [5, 5.41) is 7.74. The molecule has 0 fully saturated rings. The molecule has 3 nitrogen and oxygen atoms in total. The zero-order valence-corrected chi connectivity index (χ0v) is 30.0. The van der Waals surface area contributed by atoms with Gasteiger partial charge in [0.1, 0.15) is 5.69 Å². The van der Waals surface area contributed by atoms with Crippen LogP contribution in [0.3, 0.4) is 0 Å². The number of nitrogens with zero attached hydrogens (tertiary/aromatic N) is 3. The highest BCUT2D eigenvalue weighted by atomic mass is 15.2. The molecule has 0 bridgehead atoms. The predicted molar refractivity (Wildman–Crippen MR) is 229 cm³/mol. The fourth-order valence-electron chi connectivity index (χ4n) is 7.79. The molecule has 0 atom stereocenters. The Morgan fingerprint density at radius 1 is 0.327 bits per heavy atom. The van der Waals surface area contributed by atoms with Crippen LogP contribution in [0, 0.1) is 0 Å². The molecule has 0 aliphatic rings. The molecule has 3 aromatic heterocycles. The van der Waals surface area contributed by atoms with Crippen LogP contribution < -0.4 is 0 Å². The molecule has 0 spiro atoms. The molecule has 0 saturated carbocycles. The van der Waals surface area contributed by atoms with Crippen molar-refractivity contribution in [1.82, 2.24) is 14.6 Å². The van der Waals surface area contributed by atoms with E-state index in [9.17, 15) is 0 Å². The third-order valence-electron chi connectivity index (χ3n) is 10.4. The first-order valence-corrected chi connectivity index (χ1v) is 18.7. The minimum atomic E-state index is 0.950. The molecule has 258 valence electrons. The maximum Gasteiger partial charge on any atom is 0.101 e. The van der Waals surface area contributed by atoms with Gasteiger partial charge in [0.2, 0.25) is 0 Å². The lowest BCUT2D eigenvalue weighted by molar-refractivity contribution is 0.979. The average molecular weight is 702 g/mol. The van der Waals surface area contributed by atoms with Gasteiger partial charge in [-0.1, -0.05) is 188 Å². The van der Waals surface area contributed by atoms with Crippen molar-refractivity contribution in [2.75, 3.05) is 0 Å². The molecule has 55 heavy (non-hydrogen) atoms. The van der Waals surface area contributed by atoms with Gasteiger partial charge in [-0.15, -0.1) is 0 Å². The lowest BCUT2D eigenvalue weighted by Gasteiger charge is -2.15. The smallest absolute Gasteiger partial charge is 0.101 e. The van der Waals surface area contributed by atoms with Gasteiger partial charge in [-0.2, -0.15) is 5.10 Å². The van der Waals surface area contributed by atoms with E-state index < -0.39 is 0 Å². The Bertz CT molecular complexity index is 2880. The number of aromatic nitrogens is 3. The predicted octanol–water partition coefficient (Wildman–Crippen LogP) is 13.6. The summed E-state index contributed by atoms with van der Waals surface area (Å²) in [5.74, 6) is 0. The molecule has 0 N–H and O–H groups in total. The summed E-state index contributed by atoms with van der Waals surface area (Å²) in [4.78, 5) is 5.14. The first-order valence-electron chi connectivity index (χ1n) is 18.7. The van der Waals surface area contributed by atoms with E-state index in [1.165, 1.54) is 10.9 Å². The van der Waals surface area contributed by atoms with Gasteiger partial charge in [0.15, 0.2) is 0 Å². The standard InChI is InChI=1S/C52H35N3/c1-6-18-36(19-7-1)47-33-43(34-48(53-47)37-20-8-2-9-21-37)41-28-16-29-42(32-41)44-30-17-31-45-46(44)35-49(38-22-10-3-11-23-38)55-52(45)50(39-24-12-4-13-25-39)51(54-55)40-26-14-5-15-27-40/h1-35H. The molecular weight excluding hydrogens is 667 g/mol. The molecule has 0 aliphatic carbocycles. The van der Waals surface area contributed by atoms with Gasteiger partial charge < -0.3 is 0 Å². The normalized spacial score (nSPS) is 11.3. The Morgan fingerprint density at radius 2 is 0.818 bits per heavy atom. The molecule has 7 aromatic carbocycles. The second-order valence-corrected chi connectivity index (χ2v) is 13.8. The molecule has 3 heteroatoms. The van der Waals surface area contributed by atoms with Crippen LogP contribution in [0.5, 0.6) is 0 Å². The van der Waals surface area contributed by atoms with E-state index in [-0.39, 0.29) is 0 Å². The van der Waals surface area contributed by atoms with Crippen LogP contribution in [0.1, 0.15) is 0 Å². The first kappa shape index (κ1) is 32.3. The van der Waals surface area contributed by atoms with Crippen LogP contribution in [0.25, 0.3) is 94.7 Å². The molecule has 0 aliphatic heterocycles. The van der Waals surface area contributed by atoms with Crippen LogP contribution in [0.15, 0.2) is 212 Å². The molecule has 10 aromatic rings. The van der Waals surface area contributed by atoms with Crippen molar-refractivity contribution in [2.24, 2.45) is 0 Å². The third-order valence-corrected chi connectivity index (χ3v) is 10.4. The summed E-state index contributed by atoms with van der Waals surface area (Å²) in [7, 11) is 0. The topological polar surface area (TPSA) is 30.2 Å². The molecule has 3 heterocycles. The minimum absolute atomic E-state index is 0.950. The summed E-state index contributed by atoms with van der Waals surface area (Å²) < 4.78 is 2.16. The lowest BCUT2D eigenvalue weighted by atomic mass is 9.92. The second-order valence-electron chi connectivity index (χ2n) is 13.8. The van der Waals surface area contributed by atoms with E-state index in [0.29, 0.717) is 0 Å². The summed E-state index contributed by atoms with van der Waals surface area (Å²) in [6, 6.07) is 75.1. The Labute approximate surface area is 320 Å². The number of hydrogen-bond donors (Lipinski definition) is 0. The van der Waals surface area contributed by atoms with Crippen LogP contribution in [0.2, 0.25) is 0 Å². The van der Waals surface area contributed by atoms with Gasteiger partial charge in [-0.25, -0.2) is 9.50 Å². The molecule has 0 amide bonds.